The monoisotopic (exact) mass is 263 g/mol. The maximum Gasteiger partial charge on any atom is 0.153 e. The summed E-state index contributed by atoms with van der Waals surface area (Å²) in [4.78, 5) is 0.859. The molecule has 1 heterocycles. The van der Waals surface area contributed by atoms with Gasteiger partial charge in [0.1, 0.15) is 0 Å². The van der Waals surface area contributed by atoms with Crippen molar-refractivity contribution in [2.24, 2.45) is 0 Å². The number of para-hydroxylation sites is 1. The Kier molecular flexibility index (Phi) is 2.65. The highest BCUT2D eigenvalue weighted by molar-refractivity contribution is 7.86. The lowest BCUT2D eigenvalue weighted by atomic mass is 10.2. The Morgan fingerprint density at radius 3 is 2.65 bits per heavy atom. The summed E-state index contributed by atoms with van der Waals surface area (Å²) in [7, 11) is -1.12. The molecule has 3 rings (SSSR count). The average molecular weight is 264 g/mol. The number of hydrogen-bond donors (Lipinski definition) is 0. The minimum atomic E-state index is -1.12. The minimum absolute atomic E-state index is 0.645. The molecule has 0 saturated heterocycles. The highest BCUT2D eigenvalue weighted by atomic mass is 35.5. The Bertz CT molecular complexity index is 585. The van der Waals surface area contributed by atoms with E-state index in [1.54, 1.807) is 6.07 Å². The second kappa shape index (κ2) is 4.17. The summed E-state index contributed by atoms with van der Waals surface area (Å²) < 4.78 is 14.2. The first-order valence-electron chi connectivity index (χ1n) is 5.28. The zero-order valence-electron chi connectivity index (χ0n) is 8.97. The summed E-state index contributed by atoms with van der Waals surface area (Å²) in [5.74, 6) is 0. The van der Waals surface area contributed by atoms with Crippen molar-refractivity contribution < 1.29 is 4.21 Å². The normalized spacial score (nSPS) is 18.2. The Labute approximate surface area is 107 Å². The largest absolute Gasteiger partial charge is 0.283 e. The second-order valence-corrected chi connectivity index (χ2v) is 5.69. The van der Waals surface area contributed by atoms with Crippen LogP contribution in [-0.2, 0) is 17.5 Å². The molecule has 0 radical (unpaired) electrons. The fraction of sp³-hybridized carbons (Fsp3) is 0.0769. The van der Waals surface area contributed by atoms with Crippen molar-refractivity contribution in [3.63, 3.8) is 0 Å². The van der Waals surface area contributed by atoms with Gasteiger partial charge in [-0.25, -0.2) is 4.21 Å². The molecule has 0 aliphatic carbocycles. The van der Waals surface area contributed by atoms with Crippen LogP contribution >= 0.6 is 11.6 Å². The van der Waals surface area contributed by atoms with Crippen LogP contribution in [0.25, 0.3) is 0 Å². The van der Waals surface area contributed by atoms with Crippen LogP contribution in [0.1, 0.15) is 5.56 Å². The van der Waals surface area contributed by atoms with Gasteiger partial charge in [0.2, 0.25) is 0 Å². The van der Waals surface area contributed by atoms with E-state index in [1.165, 1.54) is 0 Å². The van der Waals surface area contributed by atoms with Crippen LogP contribution in [0.3, 0.4) is 0 Å². The lowest BCUT2D eigenvalue weighted by Gasteiger charge is -2.15. The van der Waals surface area contributed by atoms with Gasteiger partial charge in [0.15, 0.2) is 11.0 Å². The van der Waals surface area contributed by atoms with Crippen molar-refractivity contribution in [1.82, 2.24) is 0 Å². The Morgan fingerprint density at radius 1 is 1.12 bits per heavy atom. The van der Waals surface area contributed by atoms with Crippen molar-refractivity contribution in [3.8, 4) is 0 Å². The van der Waals surface area contributed by atoms with Gasteiger partial charge in [-0.05, 0) is 35.9 Å². The molecular weight excluding hydrogens is 254 g/mol. The van der Waals surface area contributed by atoms with Crippen LogP contribution in [0.4, 0.5) is 5.69 Å². The summed E-state index contributed by atoms with van der Waals surface area (Å²) in [6, 6.07) is 15.3. The number of anilines is 1. The molecule has 86 valence electrons. The third-order valence-electron chi connectivity index (χ3n) is 2.77. The van der Waals surface area contributed by atoms with E-state index in [2.05, 4.69) is 0 Å². The molecule has 0 bridgehead atoms. The Balaban J connectivity index is 2.02. The Hall–Kier alpha value is -1.32. The van der Waals surface area contributed by atoms with E-state index in [1.807, 2.05) is 46.8 Å². The van der Waals surface area contributed by atoms with Crippen molar-refractivity contribution in [2.75, 3.05) is 4.31 Å². The molecule has 0 N–H and O–H groups in total. The maximum absolute atomic E-state index is 12.3. The maximum atomic E-state index is 12.3. The van der Waals surface area contributed by atoms with Crippen molar-refractivity contribution in [3.05, 3.63) is 59.1 Å². The van der Waals surface area contributed by atoms with Gasteiger partial charge < -0.3 is 0 Å². The standard InChI is InChI=1S/C13H10ClNOS/c14-11-6-7-13-10(8-11)9-15(17(13)16)12-4-2-1-3-5-12/h1-8H,9H2. The number of hydrogen-bond acceptors (Lipinski definition) is 1. The molecule has 2 aromatic carbocycles. The molecule has 0 amide bonds. The second-order valence-electron chi connectivity index (χ2n) is 3.87. The van der Waals surface area contributed by atoms with Gasteiger partial charge in [-0.15, -0.1) is 0 Å². The first-order valence-corrected chi connectivity index (χ1v) is 6.77. The van der Waals surface area contributed by atoms with Crippen molar-refractivity contribution in [2.45, 2.75) is 11.4 Å². The smallest absolute Gasteiger partial charge is 0.153 e. The lowest BCUT2D eigenvalue weighted by molar-refractivity contribution is 0.683. The van der Waals surface area contributed by atoms with E-state index in [0.29, 0.717) is 11.6 Å². The predicted octanol–water partition coefficient (Wildman–Crippen LogP) is 3.38. The molecule has 2 nitrogen and oxygen atoms in total. The molecule has 1 aliphatic heterocycles. The van der Waals surface area contributed by atoms with E-state index in [9.17, 15) is 4.21 Å². The molecule has 1 aliphatic rings. The molecule has 0 spiro atoms. The molecule has 0 fully saturated rings. The van der Waals surface area contributed by atoms with E-state index in [-0.39, 0.29) is 0 Å². The van der Waals surface area contributed by atoms with Crippen molar-refractivity contribution >= 4 is 28.3 Å². The number of benzene rings is 2. The third kappa shape index (κ3) is 1.85. The third-order valence-corrected chi connectivity index (χ3v) is 4.52. The fourth-order valence-corrected chi connectivity index (χ4v) is 3.49. The summed E-state index contributed by atoms with van der Waals surface area (Å²) in [6.07, 6.45) is 0. The van der Waals surface area contributed by atoms with Crippen LogP contribution in [0.15, 0.2) is 53.4 Å². The zero-order chi connectivity index (χ0) is 11.8. The van der Waals surface area contributed by atoms with Gasteiger partial charge in [0.05, 0.1) is 11.4 Å². The topological polar surface area (TPSA) is 20.3 Å². The molecule has 1 atom stereocenters. The van der Waals surface area contributed by atoms with Gasteiger partial charge in [-0.3, -0.25) is 4.31 Å². The molecule has 0 aromatic heterocycles. The van der Waals surface area contributed by atoms with Gasteiger partial charge in [-0.2, -0.15) is 0 Å². The molecule has 0 saturated carbocycles. The Morgan fingerprint density at radius 2 is 1.88 bits per heavy atom. The first-order chi connectivity index (χ1) is 8.25. The molecule has 4 heteroatoms. The quantitative estimate of drug-likeness (QED) is 0.772. The summed E-state index contributed by atoms with van der Waals surface area (Å²) in [5.41, 5.74) is 2.01. The SMILES string of the molecule is O=S1c2ccc(Cl)cc2CN1c1ccccc1. The molecule has 17 heavy (non-hydrogen) atoms. The van der Waals surface area contributed by atoms with Crippen LogP contribution in [0, 0.1) is 0 Å². The summed E-state index contributed by atoms with van der Waals surface area (Å²) in [6.45, 7) is 0.645. The molecule has 2 aromatic rings. The van der Waals surface area contributed by atoms with Gasteiger partial charge >= 0.3 is 0 Å². The first kappa shape index (κ1) is 10.8. The number of rotatable bonds is 1. The predicted molar refractivity (Wildman–Crippen MR) is 70.5 cm³/mol. The average Bonchev–Trinajstić information content (AvgIpc) is 2.67. The van der Waals surface area contributed by atoms with Crippen LogP contribution in [0.2, 0.25) is 5.02 Å². The van der Waals surface area contributed by atoms with E-state index in [4.69, 9.17) is 11.6 Å². The van der Waals surface area contributed by atoms with Crippen LogP contribution < -0.4 is 4.31 Å². The number of nitrogens with zero attached hydrogens (tertiary/aromatic N) is 1. The minimum Gasteiger partial charge on any atom is -0.283 e. The highest BCUT2D eigenvalue weighted by Crippen LogP contribution is 2.32. The van der Waals surface area contributed by atoms with E-state index in [0.717, 1.165) is 16.1 Å². The van der Waals surface area contributed by atoms with Crippen LogP contribution in [0.5, 0.6) is 0 Å². The van der Waals surface area contributed by atoms with E-state index >= 15 is 0 Å². The van der Waals surface area contributed by atoms with E-state index < -0.39 is 11.0 Å². The summed E-state index contributed by atoms with van der Waals surface area (Å²) in [5, 5.41) is 0.690. The fourth-order valence-electron chi connectivity index (χ4n) is 1.96. The van der Waals surface area contributed by atoms with Gasteiger partial charge in [0, 0.05) is 10.7 Å². The summed E-state index contributed by atoms with van der Waals surface area (Å²) >= 11 is 5.95. The van der Waals surface area contributed by atoms with Crippen LogP contribution in [-0.4, -0.2) is 4.21 Å². The van der Waals surface area contributed by atoms with Gasteiger partial charge in [0.25, 0.3) is 0 Å². The highest BCUT2D eigenvalue weighted by Gasteiger charge is 2.27. The number of halogens is 1. The molecular formula is C13H10ClNOS. The lowest BCUT2D eigenvalue weighted by Crippen LogP contribution is -2.17. The number of fused-ring (bicyclic) bond motifs is 1. The van der Waals surface area contributed by atoms with Gasteiger partial charge in [-0.1, -0.05) is 29.8 Å². The molecule has 1 unspecified atom stereocenters. The van der Waals surface area contributed by atoms with Crippen molar-refractivity contribution in [1.29, 1.82) is 0 Å². The zero-order valence-corrected chi connectivity index (χ0v) is 10.5.